The maximum atomic E-state index is 6.04. The molecule has 0 aliphatic carbocycles. The fourth-order valence-corrected chi connectivity index (χ4v) is 1.77. The molecule has 19 heavy (non-hydrogen) atoms. The van der Waals surface area contributed by atoms with Crippen molar-refractivity contribution in [2.24, 2.45) is 0 Å². The van der Waals surface area contributed by atoms with E-state index in [0.717, 1.165) is 18.6 Å². The third-order valence-corrected chi connectivity index (χ3v) is 2.96. The van der Waals surface area contributed by atoms with E-state index in [1.807, 2.05) is 12.1 Å². The van der Waals surface area contributed by atoms with Gasteiger partial charge in [-0.15, -0.1) is 0 Å². The van der Waals surface area contributed by atoms with E-state index in [-0.39, 0.29) is 11.2 Å². The second-order valence-corrected chi connectivity index (χ2v) is 6.57. The molecule has 0 saturated carbocycles. The molecule has 0 unspecified atom stereocenters. The van der Waals surface area contributed by atoms with Crippen LogP contribution in [0.2, 0.25) is 0 Å². The summed E-state index contributed by atoms with van der Waals surface area (Å²) in [4.78, 5) is 0. The lowest BCUT2D eigenvalue weighted by atomic mass is 10.1. The summed E-state index contributed by atoms with van der Waals surface area (Å²) in [6, 6.07) is 8.34. The minimum atomic E-state index is -0.209. The second-order valence-electron chi connectivity index (χ2n) is 6.57. The summed E-state index contributed by atoms with van der Waals surface area (Å²) < 4.78 is 11.8. The lowest BCUT2D eigenvalue weighted by molar-refractivity contribution is -0.0292. The van der Waals surface area contributed by atoms with Gasteiger partial charge in [0.05, 0.1) is 12.2 Å². The minimum Gasteiger partial charge on any atom is -0.488 e. The summed E-state index contributed by atoms with van der Waals surface area (Å²) >= 11 is 0. The first kappa shape index (κ1) is 16.0. The van der Waals surface area contributed by atoms with Crippen LogP contribution in [-0.2, 0) is 11.2 Å². The standard InChI is InChI=1S/C17H28O2/c1-7-14-8-10-15(11-9-14)19-17(5,6)12-13-18-16(2,3)4/h8-11H,7,12-13H2,1-6H3. The molecule has 2 heteroatoms. The van der Waals surface area contributed by atoms with Gasteiger partial charge in [-0.2, -0.15) is 0 Å². The number of benzene rings is 1. The quantitative estimate of drug-likeness (QED) is 0.747. The van der Waals surface area contributed by atoms with E-state index in [2.05, 4.69) is 53.7 Å². The summed E-state index contributed by atoms with van der Waals surface area (Å²) in [5.74, 6) is 0.929. The molecule has 0 heterocycles. The molecule has 0 atom stereocenters. The summed E-state index contributed by atoms with van der Waals surface area (Å²) in [5, 5.41) is 0. The van der Waals surface area contributed by atoms with E-state index in [1.54, 1.807) is 0 Å². The largest absolute Gasteiger partial charge is 0.488 e. The Labute approximate surface area is 118 Å². The van der Waals surface area contributed by atoms with Crippen molar-refractivity contribution in [3.8, 4) is 5.75 Å². The van der Waals surface area contributed by atoms with Crippen molar-refractivity contribution in [1.82, 2.24) is 0 Å². The van der Waals surface area contributed by atoms with Gasteiger partial charge in [0.2, 0.25) is 0 Å². The summed E-state index contributed by atoms with van der Waals surface area (Å²) in [6.45, 7) is 13.3. The van der Waals surface area contributed by atoms with E-state index < -0.39 is 0 Å². The third-order valence-electron chi connectivity index (χ3n) is 2.96. The highest BCUT2D eigenvalue weighted by Crippen LogP contribution is 2.22. The van der Waals surface area contributed by atoms with Gasteiger partial charge in [-0.05, 0) is 58.7 Å². The van der Waals surface area contributed by atoms with E-state index in [4.69, 9.17) is 9.47 Å². The monoisotopic (exact) mass is 264 g/mol. The molecule has 1 rings (SSSR count). The van der Waals surface area contributed by atoms with Crippen LogP contribution in [0.4, 0.5) is 0 Å². The highest BCUT2D eigenvalue weighted by molar-refractivity contribution is 5.27. The van der Waals surface area contributed by atoms with Crippen LogP contribution in [-0.4, -0.2) is 17.8 Å². The first-order valence-corrected chi connectivity index (χ1v) is 7.14. The van der Waals surface area contributed by atoms with Crippen molar-refractivity contribution in [3.05, 3.63) is 29.8 Å². The predicted octanol–water partition coefficient (Wildman–Crippen LogP) is 4.61. The molecule has 0 aliphatic rings. The maximum Gasteiger partial charge on any atom is 0.120 e. The van der Waals surface area contributed by atoms with Gasteiger partial charge in [-0.25, -0.2) is 0 Å². The summed E-state index contributed by atoms with van der Waals surface area (Å²) in [5.41, 5.74) is 1.04. The molecule has 0 fully saturated rings. The highest BCUT2D eigenvalue weighted by atomic mass is 16.5. The summed E-state index contributed by atoms with van der Waals surface area (Å²) in [7, 11) is 0. The van der Waals surface area contributed by atoms with Gasteiger partial charge in [0.1, 0.15) is 11.4 Å². The highest BCUT2D eigenvalue weighted by Gasteiger charge is 2.21. The van der Waals surface area contributed by atoms with E-state index in [0.29, 0.717) is 6.61 Å². The van der Waals surface area contributed by atoms with Crippen LogP contribution in [0.1, 0.15) is 53.5 Å². The van der Waals surface area contributed by atoms with Crippen LogP contribution in [0.15, 0.2) is 24.3 Å². The van der Waals surface area contributed by atoms with Crippen molar-refractivity contribution in [2.45, 2.75) is 65.6 Å². The zero-order chi connectivity index (χ0) is 14.5. The molecule has 0 amide bonds. The number of rotatable bonds is 6. The normalized spacial score (nSPS) is 12.5. The van der Waals surface area contributed by atoms with Gasteiger partial charge >= 0.3 is 0 Å². The van der Waals surface area contributed by atoms with E-state index in [1.165, 1.54) is 5.56 Å². The Morgan fingerprint density at radius 1 is 0.947 bits per heavy atom. The fraction of sp³-hybridized carbons (Fsp3) is 0.647. The molecule has 108 valence electrons. The number of aryl methyl sites for hydroxylation is 1. The molecular weight excluding hydrogens is 236 g/mol. The number of hydrogen-bond donors (Lipinski definition) is 0. The maximum absolute atomic E-state index is 6.04. The Balaban J connectivity index is 2.48. The van der Waals surface area contributed by atoms with Crippen molar-refractivity contribution >= 4 is 0 Å². The van der Waals surface area contributed by atoms with Crippen LogP contribution < -0.4 is 4.74 Å². The second kappa shape index (κ2) is 6.42. The van der Waals surface area contributed by atoms with Gasteiger partial charge in [0, 0.05) is 6.42 Å². The van der Waals surface area contributed by atoms with Gasteiger partial charge < -0.3 is 9.47 Å². The number of ether oxygens (including phenoxy) is 2. The van der Waals surface area contributed by atoms with Gasteiger partial charge in [0.25, 0.3) is 0 Å². The average Bonchev–Trinajstić information content (AvgIpc) is 2.27. The molecule has 0 aliphatic heterocycles. The van der Waals surface area contributed by atoms with Crippen molar-refractivity contribution in [1.29, 1.82) is 0 Å². The zero-order valence-electron chi connectivity index (χ0n) is 13.2. The van der Waals surface area contributed by atoms with Crippen LogP contribution >= 0.6 is 0 Å². The molecule has 0 spiro atoms. The Bertz CT molecular complexity index is 371. The lowest BCUT2D eigenvalue weighted by Gasteiger charge is -2.28. The lowest BCUT2D eigenvalue weighted by Crippen LogP contribution is -2.32. The Morgan fingerprint density at radius 2 is 1.53 bits per heavy atom. The van der Waals surface area contributed by atoms with Crippen molar-refractivity contribution in [2.75, 3.05) is 6.61 Å². The average molecular weight is 264 g/mol. The fourth-order valence-electron chi connectivity index (χ4n) is 1.77. The smallest absolute Gasteiger partial charge is 0.120 e. The predicted molar refractivity (Wildman–Crippen MR) is 80.8 cm³/mol. The molecule has 0 saturated heterocycles. The molecule has 1 aromatic carbocycles. The molecular formula is C17H28O2. The molecule has 1 aromatic rings. The third kappa shape index (κ3) is 6.63. The van der Waals surface area contributed by atoms with Crippen LogP contribution in [0.25, 0.3) is 0 Å². The number of hydrogen-bond acceptors (Lipinski definition) is 2. The van der Waals surface area contributed by atoms with E-state index >= 15 is 0 Å². The summed E-state index contributed by atoms with van der Waals surface area (Å²) in [6.07, 6.45) is 1.93. The first-order valence-electron chi connectivity index (χ1n) is 7.14. The molecule has 0 radical (unpaired) electrons. The van der Waals surface area contributed by atoms with Gasteiger partial charge in [-0.1, -0.05) is 19.1 Å². The molecule has 0 N–H and O–H groups in total. The Kier molecular flexibility index (Phi) is 5.42. The first-order chi connectivity index (χ1) is 8.72. The Hall–Kier alpha value is -1.02. The topological polar surface area (TPSA) is 18.5 Å². The SMILES string of the molecule is CCc1ccc(OC(C)(C)CCOC(C)(C)C)cc1. The van der Waals surface area contributed by atoms with Crippen molar-refractivity contribution in [3.63, 3.8) is 0 Å². The van der Waals surface area contributed by atoms with Crippen LogP contribution in [0, 0.1) is 0 Å². The van der Waals surface area contributed by atoms with Crippen LogP contribution in [0.3, 0.4) is 0 Å². The minimum absolute atomic E-state index is 0.0845. The van der Waals surface area contributed by atoms with Gasteiger partial charge in [0.15, 0.2) is 0 Å². The Morgan fingerprint density at radius 3 is 2.00 bits per heavy atom. The molecule has 0 bridgehead atoms. The molecule has 2 nitrogen and oxygen atoms in total. The van der Waals surface area contributed by atoms with Crippen LogP contribution in [0.5, 0.6) is 5.75 Å². The van der Waals surface area contributed by atoms with Crippen molar-refractivity contribution < 1.29 is 9.47 Å². The van der Waals surface area contributed by atoms with Gasteiger partial charge in [-0.3, -0.25) is 0 Å². The van der Waals surface area contributed by atoms with E-state index in [9.17, 15) is 0 Å². The zero-order valence-corrected chi connectivity index (χ0v) is 13.2. The molecule has 0 aromatic heterocycles.